The van der Waals surface area contributed by atoms with Crippen molar-refractivity contribution in [3.05, 3.63) is 30.1 Å². The number of carbonyl (C=O) groups is 1. The molecule has 0 aromatic heterocycles. The standard InChI is InChI=1S/C20H30FN5O.HI/c1-24(2)19(27)15-22-20(23-16-7-3-4-8-16)26-13-11-25(12-14-26)18-10-6-5-9-17(18)21;/h5-6,9-10,16H,3-4,7-8,11-15H2,1-2H3,(H,22,23);1H. The van der Waals surface area contributed by atoms with Crippen LogP contribution >= 0.6 is 24.0 Å². The smallest absolute Gasteiger partial charge is 0.243 e. The Kier molecular flexibility index (Phi) is 8.78. The van der Waals surface area contributed by atoms with E-state index in [1.54, 1.807) is 25.1 Å². The minimum absolute atomic E-state index is 0. The van der Waals surface area contributed by atoms with E-state index in [-0.39, 0.29) is 42.2 Å². The summed E-state index contributed by atoms with van der Waals surface area (Å²) in [4.78, 5) is 22.4. The molecule has 1 aliphatic carbocycles. The Labute approximate surface area is 184 Å². The van der Waals surface area contributed by atoms with Crippen LogP contribution in [0.25, 0.3) is 0 Å². The number of rotatable bonds is 4. The third kappa shape index (κ3) is 5.96. The molecule has 1 saturated heterocycles. The number of para-hydroxylation sites is 1. The van der Waals surface area contributed by atoms with Gasteiger partial charge in [-0.1, -0.05) is 25.0 Å². The second-order valence-electron chi connectivity index (χ2n) is 7.48. The molecule has 1 aliphatic heterocycles. The van der Waals surface area contributed by atoms with E-state index in [1.807, 2.05) is 12.1 Å². The Morgan fingerprint density at radius 3 is 2.43 bits per heavy atom. The third-order valence-electron chi connectivity index (χ3n) is 5.32. The molecule has 2 fully saturated rings. The van der Waals surface area contributed by atoms with Gasteiger partial charge in [-0.3, -0.25) is 4.79 Å². The largest absolute Gasteiger partial charge is 0.366 e. The number of likely N-dealkylation sites (N-methyl/N-ethyl adjacent to an activating group) is 1. The summed E-state index contributed by atoms with van der Waals surface area (Å²) >= 11 is 0. The summed E-state index contributed by atoms with van der Waals surface area (Å²) in [6, 6.07) is 7.34. The number of benzene rings is 1. The Morgan fingerprint density at radius 1 is 1.18 bits per heavy atom. The molecule has 0 atom stereocenters. The van der Waals surface area contributed by atoms with Crippen LogP contribution in [0.15, 0.2) is 29.3 Å². The number of nitrogens with zero attached hydrogens (tertiary/aromatic N) is 4. The molecular weight excluding hydrogens is 472 g/mol. The molecule has 0 spiro atoms. The van der Waals surface area contributed by atoms with Crippen molar-refractivity contribution >= 4 is 41.5 Å². The highest BCUT2D eigenvalue weighted by Gasteiger charge is 2.24. The van der Waals surface area contributed by atoms with E-state index < -0.39 is 0 Å². The first-order valence-electron chi connectivity index (χ1n) is 9.80. The van der Waals surface area contributed by atoms with Gasteiger partial charge in [0, 0.05) is 46.3 Å². The molecule has 156 valence electrons. The highest BCUT2D eigenvalue weighted by Crippen LogP contribution is 2.21. The second kappa shape index (κ2) is 10.8. The number of anilines is 1. The third-order valence-corrected chi connectivity index (χ3v) is 5.32. The van der Waals surface area contributed by atoms with Gasteiger partial charge in [0.05, 0.1) is 5.69 Å². The van der Waals surface area contributed by atoms with Crippen LogP contribution in [-0.2, 0) is 4.79 Å². The van der Waals surface area contributed by atoms with Crippen LogP contribution in [0, 0.1) is 5.82 Å². The summed E-state index contributed by atoms with van der Waals surface area (Å²) in [6.07, 6.45) is 4.77. The molecule has 1 aromatic rings. The lowest BCUT2D eigenvalue weighted by Crippen LogP contribution is -2.54. The quantitative estimate of drug-likeness (QED) is 0.390. The predicted molar refractivity (Wildman–Crippen MR) is 122 cm³/mol. The number of aliphatic imine (C=N–C) groups is 1. The normalized spacial score (nSPS) is 18.0. The Bertz CT molecular complexity index is 670. The zero-order valence-electron chi connectivity index (χ0n) is 16.7. The molecule has 1 saturated carbocycles. The van der Waals surface area contributed by atoms with Gasteiger partial charge in [-0.15, -0.1) is 24.0 Å². The molecule has 1 aromatic carbocycles. The Hall–Kier alpha value is -1.58. The van der Waals surface area contributed by atoms with Gasteiger partial charge in [-0.25, -0.2) is 9.38 Å². The maximum Gasteiger partial charge on any atom is 0.243 e. The van der Waals surface area contributed by atoms with Crippen LogP contribution in [0.3, 0.4) is 0 Å². The monoisotopic (exact) mass is 503 g/mol. The van der Waals surface area contributed by atoms with E-state index in [0.29, 0.717) is 11.7 Å². The van der Waals surface area contributed by atoms with Crippen LogP contribution < -0.4 is 10.2 Å². The molecule has 3 rings (SSSR count). The van der Waals surface area contributed by atoms with Crippen LogP contribution in [-0.4, -0.2) is 74.5 Å². The van der Waals surface area contributed by atoms with Crippen molar-refractivity contribution in [1.29, 1.82) is 0 Å². The van der Waals surface area contributed by atoms with Gasteiger partial charge >= 0.3 is 0 Å². The minimum atomic E-state index is -0.180. The van der Waals surface area contributed by atoms with E-state index in [9.17, 15) is 9.18 Å². The van der Waals surface area contributed by atoms with Gasteiger partial charge in [-0.2, -0.15) is 0 Å². The van der Waals surface area contributed by atoms with Crippen molar-refractivity contribution in [3.63, 3.8) is 0 Å². The fourth-order valence-corrected chi connectivity index (χ4v) is 3.64. The molecule has 1 amide bonds. The predicted octanol–water partition coefficient (Wildman–Crippen LogP) is 2.54. The second-order valence-corrected chi connectivity index (χ2v) is 7.48. The van der Waals surface area contributed by atoms with E-state index in [1.165, 1.54) is 18.9 Å². The molecule has 0 bridgehead atoms. The van der Waals surface area contributed by atoms with Gasteiger partial charge < -0.3 is 20.0 Å². The first-order chi connectivity index (χ1) is 13.0. The SMILES string of the molecule is CN(C)C(=O)CN=C(NC1CCCC1)N1CCN(c2ccccc2F)CC1.I. The maximum absolute atomic E-state index is 14.1. The van der Waals surface area contributed by atoms with Gasteiger partial charge in [0.2, 0.25) is 5.91 Å². The number of guanidine groups is 1. The number of nitrogens with one attached hydrogen (secondary N) is 1. The number of piperazine rings is 1. The fourth-order valence-electron chi connectivity index (χ4n) is 3.64. The zero-order valence-corrected chi connectivity index (χ0v) is 19.1. The highest BCUT2D eigenvalue weighted by molar-refractivity contribution is 14.0. The zero-order chi connectivity index (χ0) is 19.2. The summed E-state index contributed by atoms with van der Waals surface area (Å²) in [7, 11) is 3.49. The van der Waals surface area contributed by atoms with Crippen LogP contribution in [0.5, 0.6) is 0 Å². The molecule has 28 heavy (non-hydrogen) atoms. The van der Waals surface area contributed by atoms with Crippen molar-refractivity contribution in [3.8, 4) is 0 Å². The van der Waals surface area contributed by atoms with Crippen LogP contribution in [0.1, 0.15) is 25.7 Å². The number of hydrogen-bond donors (Lipinski definition) is 1. The highest BCUT2D eigenvalue weighted by atomic mass is 127. The average molecular weight is 503 g/mol. The lowest BCUT2D eigenvalue weighted by atomic mass is 10.2. The summed E-state index contributed by atoms with van der Waals surface area (Å²) in [5, 5.41) is 3.56. The topological polar surface area (TPSA) is 51.2 Å². The molecule has 0 radical (unpaired) electrons. The summed E-state index contributed by atoms with van der Waals surface area (Å²) in [5.74, 6) is 0.622. The first-order valence-corrected chi connectivity index (χ1v) is 9.80. The van der Waals surface area contributed by atoms with Crippen molar-refractivity contribution < 1.29 is 9.18 Å². The van der Waals surface area contributed by atoms with Crippen molar-refractivity contribution in [2.24, 2.45) is 4.99 Å². The molecule has 1 N–H and O–H groups in total. The van der Waals surface area contributed by atoms with Crippen LogP contribution in [0.4, 0.5) is 10.1 Å². The number of amides is 1. The number of carbonyl (C=O) groups excluding carboxylic acids is 1. The van der Waals surface area contributed by atoms with Gasteiger partial charge in [-0.05, 0) is 25.0 Å². The molecule has 0 unspecified atom stereocenters. The van der Waals surface area contributed by atoms with E-state index in [4.69, 9.17) is 0 Å². The molecule has 2 aliphatic rings. The molecule has 8 heteroatoms. The molecule has 6 nitrogen and oxygen atoms in total. The Balaban J connectivity index is 0.00000280. The summed E-state index contributed by atoms with van der Waals surface area (Å²) in [5.41, 5.74) is 0.655. The van der Waals surface area contributed by atoms with Crippen molar-refractivity contribution in [1.82, 2.24) is 15.1 Å². The van der Waals surface area contributed by atoms with Gasteiger partial charge in [0.1, 0.15) is 12.4 Å². The average Bonchev–Trinajstić information content (AvgIpc) is 3.18. The van der Waals surface area contributed by atoms with Gasteiger partial charge in [0.25, 0.3) is 0 Å². The van der Waals surface area contributed by atoms with E-state index in [2.05, 4.69) is 20.1 Å². The molecule has 1 heterocycles. The van der Waals surface area contributed by atoms with Crippen LogP contribution in [0.2, 0.25) is 0 Å². The van der Waals surface area contributed by atoms with Crippen molar-refractivity contribution in [2.75, 3.05) is 51.7 Å². The fraction of sp³-hybridized carbons (Fsp3) is 0.600. The van der Waals surface area contributed by atoms with Crippen molar-refractivity contribution in [2.45, 2.75) is 31.7 Å². The summed E-state index contributed by atoms with van der Waals surface area (Å²) in [6.45, 7) is 3.11. The lowest BCUT2D eigenvalue weighted by Gasteiger charge is -2.38. The van der Waals surface area contributed by atoms with Gasteiger partial charge in [0.15, 0.2) is 5.96 Å². The summed E-state index contributed by atoms with van der Waals surface area (Å²) < 4.78 is 14.1. The van der Waals surface area contributed by atoms with E-state index >= 15 is 0 Å². The van der Waals surface area contributed by atoms with E-state index in [0.717, 1.165) is 45.0 Å². The maximum atomic E-state index is 14.1. The minimum Gasteiger partial charge on any atom is -0.366 e. The first kappa shape index (κ1) is 22.7. The number of hydrogen-bond acceptors (Lipinski definition) is 3. The molecular formula is C20H31FIN5O. The number of halogens is 2. The lowest BCUT2D eigenvalue weighted by molar-refractivity contribution is -0.127. The Morgan fingerprint density at radius 2 is 1.82 bits per heavy atom.